The second-order valence-corrected chi connectivity index (χ2v) is 5.53. The Morgan fingerprint density at radius 2 is 2.11 bits per heavy atom. The molecule has 1 rings (SSSR count). The molecule has 0 spiro atoms. The van der Waals surface area contributed by atoms with Crippen LogP contribution >= 0.6 is 0 Å². The summed E-state index contributed by atoms with van der Waals surface area (Å²) in [7, 11) is -2.79. The topological polar surface area (TPSA) is 113 Å². The summed E-state index contributed by atoms with van der Waals surface area (Å²) in [5.41, 5.74) is 0.678. The van der Waals surface area contributed by atoms with E-state index in [1.807, 2.05) is 4.72 Å². The number of aliphatic carboxylic acids is 1. The molecule has 0 fully saturated rings. The summed E-state index contributed by atoms with van der Waals surface area (Å²) >= 11 is 0. The minimum absolute atomic E-state index is 0.0974. The fourth-order valence-electron chi connectivity index (χ4n) is 1.41. The van der Waals surface area contributed by atoms with Gasteiger partial charge >= 0.3 is 5.97 Å². The number of carboxylic acid groups (broad SMARTS) is 1. The first kappa shape index (κ1) is 15.4. The van der Waals surface area contributed by atoms with Gasteiger partial charge in [-0.25, -0.2) is 8.42 Å². The molecule has 0 unspecified atom stereocenters. The minimum atomic E-state index is -4.10. The van der Waals surface area contributed by atoms with E-state index in [0.29, 0.717) is 5.56 Å². The molecule has 1 aromatic carbocycles. The summed E-state index contributed by atoms with van der Waals surface area (Å²) in [6.07, 6.45) is 0. The zero-order valence-corrected chi connectivity index (χ0v) is 11.3. The number of aliphatic hydroxyl groups excluding tert-OH is 1. The van der Waals surface area contributed by atoms with Gasteiger partial charge in [0.25, 0.3) is 0 Å². The van der Waals surface area contributed by atoms with Crippen LogP contribution < -0.4 is 9.46 Å². The van der Waals surface area contributed by atoms with E-state index in [1.165, 1.54) is 19.2 Å². The lowest BCUT2D eigenvalue weighted by Gasteiger charge is -2.14. The fraction of sp³-hybridized carbons (Fsp3) is 0.364. The van der Waals surface area contributed by atoms with Gasteiger partial charge in [0.05, 0.1) is 13.7 Å². The molecule has 0 aliphatic heterocycles. The van der Waals surface area contributed by atoms with Crippen molar-refractivity contribution in [1.82, 2.24) is 4.72 Å². The van der Waals surface area contributed by atoms with Crippen molar-refractivity contribution in [3.8, 4) is 5.75 Å². The molecule has 0 amide bonds. The molecule has 19 heavy (non-hydrogen) atoms. The smallest absolute Gasteiger partial charge is 0.324 e. The Bertz CT molecular complexity index is 569. The highest BCUT2D eigenvalue weighted by Gasteiger charge is 2.27. The quantitative estimate of drug-likeness (QED) is 0.664. The fourth-order valence-corrected chi connectivity index (χ4v) is 2.84. The lowest BCUT2D eigenvalue weighted by Crippen LogP contribution is -2.43. The maximum absolute atomic E-state index is 12.1. The summed E-state index contributed by atoms with van der Waals surface area (Å²) in [5, 5.41) is 17.6. The molecule has 0 aromatic heterocycles. The zero-order chi connectivity index (χ0) is 14.6. The van der Waals surface area contributed by atoms with Crippen molar-refractivity contribution in [2.75, 3.05) is 13.7 Å². The first-order valence-corrected chi connectivity index (χ1v) is 6.80. The third kappa shape index (κ3) is 3.66. The molecule has 8 heteroatoms. The summed E-state index contributed by atoms with van der Waals surface area (Å²) < 4.78 is 31.0. The normalized spacial score (nSPS) is 13.0. The van der Waals surface area contributed by atoms with Crippen LogP contribution in [-0.4, -0.2) is 44.4 Å². The number of carboxylic acids is 1. The van der Waals surface area contributed by atoms with E-state index in [4.69, 9.17) is 14.9 Å². The number of ether oxygens (including phenoxy) is 1. The van der Waals surface area contributed by atoms with Crippen molar-refractivity contribution in [3.05, 3.63) is 23.8 Å². The Morgan fingerprint density at radius 1 is 1.47 bits per heavy atom. The minimum Gasteiger partial charge on any atom is -0.495 e. The molecule has 1 atom stereocenters. The van der Waals surface area contributed by atoms with Gasteiger partial charge in [-0.1, -0.05) is 6.07 Å². The van der Waals surface area contributed by atoms with Gasteiger partial charge in [0.1, 0.15) is 16.7 Å². The maximum atomic E-state index is 12.1. The number of aryl methyl sites for hydroxylation is 1. The van der Waals surface area contributed by atoms with Crippen LogP contribution in [0.15, 0.2) is 23.1 Å². The van der Waals surface area contributed by atoms with E-state index in [2.05, 4.69) is 0 Å². The number of benzene rings is 1. The number of rotatable bonds is 6. The predicted octanol–water partition coefficient (Wildman–Crippen LogP) is -0.273. The molecule has 0 saturated carbocycles. The van der Waals surface area contributed by atoms with Crippen LogP contribution in [-0.2, 0) is 14.8 Å². The Kier molecular flexibility index (Phi) is 4.87. The van der Waals surface area contributed by atoms with Gasteiger partial charge < -0.3 is 14.9 Å². The number of nitrogens with one attached hydrogen (secondary N) is 1. The molecule has 0 heterocycles. The van der Waals surface area contributed by atoms with E-state index in [9.17, 15) is 13.2 Å². The monoisotopic (exact) mass is 289 g/mol. The van der Waals surface area contributed by atoms with E-state index in [1.54, 1.807) is 13.0 Å². The van der Waals surface area contributed by atoms with Crippen LogP contribution in [0.2, 0.25) is 0 Å². The molecule has 0 aliphatic rings. The lowest BCUT2D eigenvalue weighted by molar-refractivity contribution is -0.139. The third-order valence-corrected chi connectivity index (χ3v) is 3.88. The second-order valence-electron chi connectivity index (χ2n) is 3.85. The predicted molar refractivity (Wildman–Crippen MR) is 66.6 cm³/mol. The molecular weight excluding hydrogens is 274 g/mol. The molecule has 0 bridgehead atoms. The van der Waals surface area contributed by atoms with Gasteiger partial charge in [0.15, 0.2) is 0 Å². The van der Waals surface area contributed by atoms with Crippen LogP contribution in [0.5, 0.6) is 5.75 Å². The van der Waals surface area contributed by atoms with E-state index in [-0.39, 0.29) is 10.6 Å². The van der Waals surface area contributed by atoms with E-state index >= 15 is 0 Å². The van der Waals surface area contributed by atoms with Crippen molar-refractivity contribution in [2.24, 2.45) is 0 Å². The van der Waals surface area contributed by atoms with Gasteiger partial charge in [-0.2, -0.15) is 4.72 Å². The molecule has 106 valence electrons. The molecule has 0 saturated heterocycles. The zero-order valence-electron chi connectivity index (χ0n) is 10.5. The summed E-state index contributed by atoms with van der Waals surface area (Å²) in [5.74, 6) is -1.36. The van der Waals surface area contributed by atoms with Gasteiger partial charge in [-0.15, -0.1) is 0 Å². The Hall–Kier alpha value is -1.64. The number of sulfonamides is 1. The summed E-state index contributed by atoms with van der Waals surface area (Å²) in [6, 6.07) is 2.89. The molecular formula is C11H15NO6S. The van der Waals surface area contributed by atoms with Crippen LogP contribution in [0.4, 0.5) is 0 Å². The molecule has 3 N–H and O–H groups in total. The Morgan fingerprint density at radius 3 is 2.58 bits per heavy atom. The molecule has 0 radical (unpaired) electrons. The summed E-state index contributed by atoms with van der Waals surface area (Å²) in [4.78, 5) is 10.6. The van der Waals surface area contributed by atoms with E-state index < -0.39 is 28.6 Å². The number of hydrogen-bond acceptors (Lipinski definition) is 5. The number of aliphatic hydroxyl groups is 1. The Balaban J connectivity index is 3.20. The van der Waals surface area contributed by atoms with Gasteiger partial charge in [0.2, 0.25) is 10.0 Å². The molecule has 0 aliphatic carbocycles. The maximum Gasteiger partial charge on any atom is 0.324 e. The SMILES string of the molecule is COc1ccc(C)cc1S(=O)(=O)N[C@@H](CO)C(=O)O. The highest BCUT2D eigenvalue weighted by atomic mass is 32.2. The van der Waals surface area contributed by atoms with Gasteiger partial charge in [0, 0.05) is 0 Å². The van der Waals surface area contributed by atoms with Crippen LogP contribution in [0.3, 0.4) is 0 Å². The number of hydrogen-bond donors (Lipinski definition) is 3. The summed E-state index contributed by atoms with van der Waals surface area (Å²) in [6.45, 7) is 0.849. The van der Waals surface area contributed by atoms with Gasteiger partial charge in [-0.05, 0) is 24.6 Å². The van der Waals surface area contributed by atoms with Crippen LogP contribution in [0.25, 0.3) is 0 Å². The van der Waals surface area contributed by atoms with Crippen molar-refractivity contribution < 1.29 is 28.2 Å². The first-order chi connectivity index (χ1) is 8.81. The Labute approximate surface area is 110 Å². The largest absolute Gasteiger partial charge is 0.495 e. The van der Waals surface area contributed by atoms with Crippen molar-refractivity contribution in [2.45, 2.75) is 17.9 Å². The second kappa shape index (κ2) is 6.00. The van der Waals surface area contributed by atoms with Crippen LogP contribution in [0.1, 0.15) is 5.56 Å². The van der Waals surface area contributed by atoms with Crippen molar-refractivity contribution in [3.63, 3.8) is 0 Å². The third-order valence-electron chi connectivity index (χ3n) is 2.39. The van der Waals surface area contributed by atoms with Crippen molar-refractivity contribution >= 4 is 16.0 Å². The lowest BCUT2D eigenvalue weighted by atomic mass is 10.2. The average molecular weight is 289 g/mol. The highest BCUT2D eigenvalue weighted by molar-refractivity contribution is 7.89. The molecule has 7 nitrogen and oxygen atoms in total. The number of carbonyl (C=O) groups is 1. The van der Waals surface area contributed by atoms with Crippen LogP contribution in [0, 0.1) is 6.92 Å². The first-order valence-electron chi connectivity index (χ1n) is 5.32. The van der Waals surface area contributed by atoms with Gasteiger partial charge in [-0.3, -0.25) is 4.79 Å². The average Bonchev–Trinajstić information content (AvgIpc) is 2.35. The van der Waals surface area contributed by atoms with Crippen molar-refractivity contribution in [1.29, 1.82) is 0 Å². The number of methoxy groups -OCH3 is 1. The van der Waals surface area contributed by atoms with E-state index in [0.717, 1.165) is 0 Å². The molecule has 1 aromatic rings. The highest BCUT2D eigenvalue weighted by Crippen LogP contribution is 2.24. The standard InChI is InChI=1S/C11H15NO6S/c1-7-3-4-9(18-2)10(5-7)19(16,17)12-8(6-13)11(14)15/h3-5,8,12-13H,6H2,1-2H3,(H,14,15)/t8-/m0/s1.